The summed E-state index contributed by atoms with van der Waals surface area (Å²) in [7, 11) is 0. The largest absolute Gasteiger partial charge is 0.339 e. The van der Waals surface area contributed by atoms with Crippen LogP contribution in [0.25, 0.3) is 0 Å². The smallest absolute Gasteiger partial charge is 0.223 e. The van der Waals surface area contributed by atoms with E-state index in [1.807, 2.05) is 6.92 Å². The molecule has 0 N–H and O–H groups in total. The van der Waals surface area contributed by atoms with Gasteiger partial charge in [-0.2, -0.15) is 0 Å². The topological polar surface area (TPSA) is 18.5 Å². The molecule has 0 radical (unpaired) electrons. The summed E-state index contributed by atoms with van der Waals surface area (Å²) in [5, 5.41) is 0. The van der Waals surface area contributed by atoms with Crippen molar-refractivity contribution in [3.05, 3.63) is 47.5 Å². The van der Waals surface area contributed by atoms with Crippen LogP contribution in [0.2, 0.25) is 0 Å². The molecule has 136 valence electrons. The Bertz CT molecular complexity index is 653. The summed E-state index contributed by atoms with van der Waals surface area (Å²) >= 11 is 0. The summed E-state index contributed by atoms with van der Waals surface area (Å²) in [6.07, 6.45) is 3.67. The van der Waals surface area contributed by atoms with E-state index in [4.69, 9.17) is 9.47 Å². The lowest BCUT2D eigenvalue weighted by Gasteiger charge is -2.32. The van der Waals surface area contributed by atoms with Gasteiger partial charge < -0.3 is 9.47 Å². The molecule has 0 atom stereocenters. The number of ether oxygens (including phenoxy) is 2. The Labute approximate surface area is 147 Å². The molecule has 0 aliphatic carbocycles. The summed E-state index contributed by atoms with van der Waals surface area (Å²) in [4.78, 5) is 0. The van der Waals surface area contributed by atoms with Crippen LogP contribution in [-0.2, 0) is 15.9 Å². The molecular formula is C20H23F3O2. The molecule has 1 aliphatic heterocycles. The maximum Gasteiger partial charge on any atom is 0.223 e. The third-order valence-corrected chi connectivity index (χ3v) is 4.07. The SMILES string of the molecule is C=CCCc1ccc(C#CC2OCC(F)(CCCC)CO2)c(F)c1F. The Kier molecular flexibility index (Phi) is 7.10. The third kappa shape index (κ3) is 5.35. The Hall–Kier alpha value is -1.77. The molecule has 5 heteroatoms. The van der Waals surface area contributed by atoms with Crippen molar-refractivity contribution in [2.75, 3.05) is 13.2 Å². The second-order valence-electron chi connectivity index (χ2n) is 6.21. The lowest BCUT2D eigenvalue weighted by molar-refractivity contribution is -0.208. The van der Waals surface area contributed by atoms with Gasteiger partial charge in [0.05, 0.1) is 18.8 Å². The first-order valence-corrected chi connectivity index (χ1v) is 8.50. The number of rotatable bonds is 6. The second kappa shape index (κ2) is 9.07. The van der Waals surface area contributed by atoms with Crippen molar-refractivity contribution in [1.29, 1.82) is 0 Å². The zero-order valence-electron chi connectivity index (χ0n) is 14.4. The molecule has 0 unspecified atom stereocenters. The fraction of sp³-hybridized carbons (Fsp3) is 0.500. The predicted octanol–water partition coefficient (Wildman–Crippen LogP) is 4.71. The van der Waals surface area contributed by atoms with E-state index in [1.165, 1.54) is 12.1 Å². The Morgan fingerprint density at radius 2 is 2.00 bits per heavy atom. The van der Waals surface area contributed by atoms with Gasteiger partial charge in [0.25, 0.3) is 0 Å². The second-order valence-corrected chi connectivity index (χ2v) is 6.21. The van der Waals surface area contributed by atoms with Crippen molar-refractivity contribution in [2.45, 2.75) is 51.0 Å². The Balaban J connectivity index is 2.00. The molecule has 25 heavy (non-hydrogen) atoms. The van der Waals surface area contributed by atoms with Crippen molar-refractivity contribution in [2.24, 2.45) is 0 Å². The van der Waals surface area contributed by atoms with E-state index < -0.39 is 23.6 Å². The molecule has 2 nitrogen and oxygen atoms in total. The Morgan fingerprint density at radius 1 is 1.28 bits per heavy atom. The minimum Gasteiger partial charge on any atom is -0.339 e. The van der Waals surface area contributed by atoms with Crippen LogP contribution in [-0.4, -0.2) is 25.2 Å². The summed E-state index contributed by atoms with van der Waals surface area (Å²) in [6.45, 7) is 5.33. The fourth-order valence-electron chi connectivity index (χ4n) is 2.53. The van der Waals surface area contributed by atoms with Crippen molar-refractivity contribution in [1.82, 2.24) is 0 Å². The van der Waals surface area contributed by atoms with E-state index >= 15 is 0 Å². The van der Waals surface area contributed by atoms with E-state index in [0.29, 0.717) is 19.3 Å². The van der Waals surface area contributed by atoms with Crippen LogP contribution in [0.1, 0.15) is 43.7 Å². The minimum atomic E-state index is -1.50. The molecule has 0 bridgehead atoms. The first kappa shape index (κ1) is 19.6. The number of aryl methyl sites for hydroxylation is 1. The average Bonchev–Trinajstić information content (AvgIpc) is 2.62. The van der Waals surface area contributed by atoms with Crippen molar-refractivity contribution in [3.63, 3.8) is 0 Å². The summed E-state index contributed by atoms with van der Waals surface area (Å²) in [6, 6.07) is 2.93. The molecule has 0 saturated carbocycles. The van der Waals surface area contributed by atoms with Crippen molar-refractivity contribution in [3.8, 4) is 11.8 Å². The molecule has 0 spiro atoms. The van der Waals surface area contributed by atoms with Crippen LogP contribution in [0.3, 0.4) is 0 Å². The standard InChI is InChI=1S/C20H23F3O2/c1-3-5-7-15-8-9-16(19(22)18(15)21)10-11-17-24-13-20(23,14-25-17)12-6-4-2/h3,8-9,17H,1,4-7,12-14H2,2H3. The van der Waals surface area contributed by atoms with E-state index in [1.54, 1.807) is 6.08 Å². The van der Waals surface area contributed by atoms with E-state index in [0.717, 1.165) is 12.8 Å². The van der Waals surface area contributed by atoms with Crippen molar-refractivity contribution >= 4 is 0 Å². The van der Waals surface area contributed by atoms with Gasteiger partial charge in [-0.05, 0) is 36.8 Å². The summed E-state index contributed by atoms with van der Waals surface area (Å²) in [5.74, 6) is 3.20. The summed E-state index contributed by atoms with van der Waals surface area (Å²) < 4.78 is 52.9. The molecule has 1 heterocycles. The summed E-state index contributed by atoms with van der Waals surface area (Å²) in [5.41, 5.74) is -1.29. The number of unbranched alkanes of at least 4 members (excludes halogenated alkanes) is 1. The molecule has 1 saturated heterocycles. The van der Waals surface area contributed by atoms with Gasteiger partial charge in [-0.15, -0.1) is 6.58 Å². The van der Waals surface area contributed by atoms with E-state index in [-0.39, 0.29) is 24.3 Å². The molecule has 0 aromatic heterocycles. The monoisotopic (exact) mass is 352 g/mol. The highest BCUT2D eigenvalue weighted by Crippen LogP contribution is 2.25. The molecule has 1 fully saturated rings. The number of hydrogen-bond donors (Lipinski definition) is 0. The third-order valence-electron chi connectivity index (χ3n) is 4.07. The molecular weight excluding hydrogens is 329 g/mol. The van der Waals surface area contributed by atoms with Gasteiger partial charge in [0.15, 0.2) is 17.3 Å². The lowest BCUT2D eigenvalue weighted by atomic mass is 10.0. The van der Waals surface area contributed by atoms with Crippen LogP contribution < -0.4 is 0 Å². The van der Waals surface area contributed by atoms with Crippen LogP contribution in [0, 0.1) is 23.5 Å². The maximum absolute atomic E-state index is 14.3. The number of alkyl halides is 1. The lowest BCUT2D eigenvalue weighted by Crippen LogP contribution is -2.43. The van der Waals surface area contributed by atoms with Gasteiger partial charge in [0.1, 0.15) is 0 Å². The average molecular weight is 352 g/mol. The molecule has 1 aliphatic rings. The minimum absolute atomic E-state index is 0.0740. The van der Waals surface area contributed by atoms with Gasteiger partial charge in [-0.25, -0.2) is 13.2 Å². The maximum atomic E-state index is 14.3. The highest BCUT2D eigenvalue weighted by atomic mass is 19.2. The van der Waals surface area contributed by atoms with E-state index in [2.05, 4.69) is 18.4 Å². The molecule has 2 rings (SSSR count). The molecule has 1 aromatic carbocycles. The van der Waals surface area contributed by atoms with E-state index in [9.17, 15) is 13.2 Å². The van der Waals surface area contributed by atoms with Crippen LogP contribution >= 0.6 is 0 Å². The number of benzene rings is 1. The molecule has 0 amide bonds. The number of allylic oxidation sites excluding steroid dienone is 1. The normalized spacial score (nSPS) is 23.0. The van der Waals surface area contributed by atoms with Crippen LogP contribution in [0.15, 0.2) is 24.8 Å². The fourth-order valence-corrected chi connectivity index (χ4v) is 2.53. The quantitative estimate of drug-likeness (QED) is 0.545. The highest BCUT2D eigenvalue weighted by molar-refractivity contribution is 5.39. The Morgan fingerprint density at radius 3 is 2.64 bits per heavy atom. The van der Waals surface area contributed by atoms with Gasteiger partial charge in [-0.1, -0.05) is 37.8 Å². The number of hydrogen-bond acceptors (Lipinski definition) is 2. The molecule has 1 aromatic rings. The van der Waals surface area contributed by atoms with Gasteiger partial charge in [-0.3, -0.25) is 0 Å². The highest BCUT2D eigenvalue weighted by Gasteiger charge is 2.36. The number of halogens is 3. The first-order valence-electron chi connectivity index (χ1n) is 8.50. The van der Waals surface area contributed by atoms with Crippen molar-refractivity contribution < 1.29 is 22.6 Å². The van der Waals surface area contributed by atoms with Crippen LogP contribution in [0.4, 0.5) is 13.2 Å². The van der Waals surface area contributed by atoms with Gasteiger partial charge in [0, 0.05) is 0 Å². The zero-order chi connectivity index (χ0) is 18.3. The zero-order valence-corrected chi connectivity index (χ0v) is 14.4. The van der Waals surface area contributed by atoms with Crippen LogP contribution in [0.5, 0.6) is 0 Å². The predicted molar refractivity (Wildman–Crippen MR) is 90.8 cm³/mol. The van der Waals surface area contributed by atoms with Gasteiger partial charge >= 0.3 is 0 Å². The first-order chi connectivity index (χ1) is 12.0. The van der Waals surface area contributed by atoms with Gasteiger partial charge in [0.2, 0.25) is 6.29 Å².